The minimum Gasteiger partial charge on any atom is -0.352 e. The quantitative estimate of drug-likeness (QED) is 0.735. The van der Waals surface area contributed by atoms with Crippen LogP contribution in [0.25, 0.3) is 0 Å². The largest absolute Gasteiger partial charge is 0.352 e. The topological polar surface area (TPSA) is 64.3 Å². The van der Waals surface area contributed by atoms with Crippen molar-refractivity contribution in [2.24, 2.45) is 5.90 Å². The molecule has 0 aliphatic heterocycles. The van der Waals surface area contributed by atoms with E-state index in [9.17, 15) is 4.79 Å². The van der Waals surface area contributed by atoms with Crippen molar-refractivity contribution in [1.82, 2.24) is 5.32 Å². The summed E-state index contributed by atoms with van der Waals surface area (Å²) in [6.45, 7) is 4.33. The SMILES string of the molecule is CCNC(=O)c1cccc(C(C)ON)c1. The number of hydrogen-bond acceptors (Lipinski definition) is 3. The summed E-state index contributed by atoms with van der Waals surface area (Å²) in [5.41, 5.74) is 1.51. The Morgan fingerprint density at radius 1 is 1.60 bits per heavy atom. The number of carbonyl (C=O) groups is 1. The molecule has 1 aromatic carbocycles. The third kappa shape index (κ3) is 3.04. The third-order valence-corrected chi connectivity index (χ3v) is 2.16. The van der Waals surface area contributed by atoms with E-state index in [1.54, 1.807) is 12.1 Å². The van der Waals surface area contributed by atoms with E-state index in [1.165, 1.54) is 0 Å². The van der Waals surface area contributed by atoms with Crippen molar-refractivity contribution in [3.8, 4) is 0 Å². The lowest BCUT2D eigenvalue weighted by atomic mass is 10.1. The van der Waals surface area contributed by atoms with Gasteiger partial charge in [-0.3, -0.25) is 9.63 Å². The molecule has 0 radical (unpaired) electrons. The molecule has 1 aromatic rings. The predicted molar refractivity (Wildman–Crippen MR) is 58.1 cm³/mol. The molecule has 0 heterocycles. The Kier molecular flexibility index (Phi) is 4.27. The van der Waals surface area contributed by atoms with E-state index in [0.29, 0.717) is 12.1 Å². The lowest BCUT2D eigenvalue weighted by molar-refractivity contribution is 0.0663. The molecule has 0 saturated heterocycles. The zero-order valence-corrected chi connectivity index (χ0v) is 8.99. The number of nitrogens with one attached hydrogen (secondary N) is 1. The van der Waals surface area contributed by atoms with Crippen molar-refractivity contribution in [3.05, 3.63) is 35.4 Å². The number of amides is 1. The summed E-state index contributed by atoms with van der Waals surface area (Å²) in [5.74, 6) is 5.01. The second-order valence-electron chi connectivity index (χ2n) is 3.26. The number of benzene rings is 1. The Labute approximate surface area is 89.4 Å². The van der Waals surface area contributed by atoms with Crippen LogP contribution in [0.2, 0.25) is 0 Å². The van der Waals surface area contributed by atoms with Gasteiger partial charge in [0, 0.05) is 12.1 Å². The summed E-state index contributed by atoms with van der Waals surface area (Å²) in [4.78, 5) is 16.2. The molecule has 4 nitrogen and oxygen atoms in total. The zero-order chi connectivity index (χ0) is 11.3. The standard InChI is InChI=1S/C11H16N2O2/c1-3-13-11(14)10-6-4-5-9(7-10)8(2)15-12/h4-8H,3,12H2,1-2H3,(H,13,14). The van der Waals surface area contributed by atoms with Gasteiger partial charge in [0.15, 0.2) is 0 Å². The highest BCUT2D eigenvalue weighted by Gasteiger charge is 2.08. The minimum atomic E-state index is -0.209. The number of carbonyl (C=O) groups excluding carboxylic acids is 1. The van der Waals surface area contributed by atoms with E-state index in [4.69, 9.17) is 10.7 Å². The van der Waals surface area contributed by atoms with Gasteiger partial charge in [0.25, 0.3) is 5.91 Å². The van der Waals surface area contributed by atoms with Gasteiger partial charge in [-0.1, -0.05) is 12.1 Å². The van der Waals surface area contributed by atoms with Gasteiger partial charge in [0.2, 0.25) is 0 Å². The first-order valence-electron chi connectivity index (χ1n) is 4.92. The molecule has 0 aromatic heterocycles. The van der Waals surface area contributed by atoms with Gasteiger partial charge in [-0.15, -0.1) is 0 Å². The van der Waals surface area contributed by atoms with E-state index in [1.807, 2.05) is 26.0 Å². The molecule has 0 bridgehead atoms. The highest BCUT2D eigenvalue weighted by Crippen LogP contribution is 2.15. The van der Waals surface area contributed by atoms with Gasteiger partial charge in [-0.2, -0.15) is 0 Å². The number of nitrogens with two attached hydrogens (primary N) is 1. The highest BCUT2D eigenvalue weighted by molar-refractivity contribution is 5.94. The van der Waals surface area contributed by atoms with Crippen LogP contribution in [-0.4, -0.2) is 12.5 Å². The Bertz CT molecular complexity index is 339. The Balaban J connectivity index is 2.87. The molecule has 1 amide bonds. The van der Waals surface area contributed by atoms with Crippen LogP contribution in [0.3, 0.4) is 0 Å². The summed E-state index contributed by atoms with van der Waals surface area (Å²) in [6, 6.07) is 7.23. The molecule has 0 fully saturated rings. The van der Waals surface area contributed by atoms with Crippen molar-refractivity contribution >= 4 is 5.91 Å². The van der Waals surface area contributed by atoms with Crippen LogP contribution < -0.4 is 11.2 Å². The molecular formula is C11H16N2O2. The monoisotopic (exact) mass is 208 g/mol. The van der Waals surface area contributed by atoms with Crippen LogP contribution in [0.15, 0.2) is 24.3 Å². The van der Waals surface area contributed by atoms with Crippen LogP contribution in [0.5, 0.6) is 0 Å². The molecule has 1 unspecified atom stereocenters. The van der Waals surface area contributed by atoms with Crippen molar-refractivity contribution in [1.29, 1.82) is 0 Å². The van der Waals surface area contributed by atoms with Crippen molar-refractivity contribution in [3.63, 3.8) is 0 Å². The highest BCUT2D eigenvalue weighted by atomic mass is 16.6. The minimum absolute atomic E-state index is 0.0800. The van der Waals surface area contributed by atoms with E-state index in [-0.39, 0.29) is 12.0 Å². The summed E-state index contributed by atoms with van der Waals surface area (Å²) in [6.07, 6.45) is -0.209. The predicted octanol–water partition coefficient (Wildman–Crippen LogP) is 1.39. The molecule has 82 valence electrons. The van der Waals surface area contributed by atoms with E-state index >= 15 is 0 Å². The molecule has 0 aliphatic carbocycles. The number of rotatable bonds is 4. The van der Waals surface area contributed by atoms with Gasteiger partial charge in [-0.05, 0) is 31.5 Å². The fourth-order valence-electron chi connectivity index (χ4n) is 1.27. The first-order valence-corrected chi connectivity index (χ1v) is 4.92. The second kappa shape index (κ2) is 5.48. The van der Waals surface area contributed by atoms with Crippen molar-refractivity contribution < 1.29 is 9.63 Å². The number of hydrogen-bond donors (Lipinski definition) is 2. The Hall–Kier alpha value is -1.39. The first-order chi connectivity index (χ1) is 7.19. The van der Waals surface area contributed by atoms with Crippen molar-refractivity contribution in [2.45, 2.75) is 20.0 Å². The molecule has 0 spiro atoms. The van der Waals surface area contributed by atoms with Gasteiger partial charge < -0.3 is 5.32 Å². The van der Waals surface area contributed by atoms with Crippen LogP contribution in [0.1, 0.15) is 35.9 Å². The molecule has 15 heavy (non-hydrogen) atoms. The zero-order valence-electron chi connectivity index (χ0n) is 8.99. The first kappa shape index (κ1) is 11.7. The summed E-state index contributed by atoms with van der Waals surface area (Å²) >= 11 is 0. The van der Waals surface area contributed by atoms with Crippen LogP contribution in [0.4, 0.5) is 0 Å². The molecular weight excluding hydrogens is 192 g/mol. The van der Waals surface area contributed by atoms with E-state index in [0.717, 1.165) is 5.56 Å². The lowest BCUT2D eigenvalue weighted by Crippen LogP contribution is -2.22. The molecule has 1 rings (SSSR count). The van der Waals surface area contributed by atoms with E-state index in [2.05, 4.69) is 5.32 Å². The summed E-state index contributed by atoms with van der Waals surface area (Å²) in [7, 11) is 0. The maximum Gasteiger partial charge on any atom is 0.251 e. The van der Waals surface area contributed by atoms with Gasteiger partial charge >= 0.3 is 0 Å². The second-order valence-corrected chi connectivity index (χ2v) is 3.26. The van der Waals surface area contributed by atoms with Crippen LogP contribution in [-0.2, 0) is 4.84 Å². The summed E-state index contributed by atoms with van der Waals surface area (Å²) in [5, 5.41) is 2.73. The molecule has 4 heteroatoms. The van der Waals surface area contributed by atoms with Crippen LogP contribution >= 0.6 is 0 Å². The summed E-state index contributed by atoms with van der Waals surface area (Å²) < 4.78 is 0. The Morgan fingerprint density at radius 2 is 2.33 bits per heavy atom. The third-order valence-electron chi connectivity index (χ3n) is 2.16. The van der Waals surface area contributed by atoms with Gasteiger partial charge in [0.05, 0.1) is 0 Å². The average molecular weight is 208 g/mol. The fourth-order valence-corrected chi connectivity index (χ4v) is 1.27. The van der Waals surface area contributed by atoms with Crippen molar-refractivity contribution in [2.75, 3.05) is 6.54 Å². The molecule has 1 atom stereocenters. The maximum atomic E-state index is 11.5. The Morgan fingerprint density at radius 3 is 2.93 bits per heavy atom. The smallest absolute Gasteiger partial charge is 0.251 e. The molecule has 0 saturated carbocycles. The van der Waals surface area contributed by atoms with Crippen LogP contribution in [0, 0.1) is 0 Å². The molecule has 0 aliphatic rings. The van der Waals surface area contributed by atoms with Gasteiger partial charge in [-0.25, -0.2) is 5.90 Å². The average Bonchev–Trinajstić information content (AvgIpc) is 2.28. The normalized spacial score (nSPS) is 12.2. The molecule has 3 N–H and O–H groups in total. The van der Waals surface area contributed by atoms with E-state index < -0.39 is 0 Å². The fraction of sp³-hybridized carbons (Fsp3) is 0.364. The lowest BCUT2D eigenvalue weighted by Gasteiger charge is -2.10. The van der Waals surface area contributed by atoms with Gasteiger partial charge in [0.1, 0.15) is 6.10 Å². The maximum absolute atomic E-state index is 11.5.